The fourth-order valence-electron chi connectivity index (χ4n) is 6.25. The molecule has 0 spiro atoms. The third-order valence-electron chi connectivity index (χ3n) is 8.45. The summed E-state index contributed by atoms with van der Waals surface area (Å²) < 4.78 is 10.9. The molecule has 5 rings (SSSR count). The van der Waals surface area contributed by atoms with Crippen LogP contribution in [0.4, 0.5) is 5.82 Å². The quantitative estimate of drug-likeness (QED) is 0.555. The second-order valence-electron chi connectivity index (χ2n) is 10.8. The summed E-state index contributed by atoms with van der Waals surface area (Å²) in [7, 11) is 1.78. The Kier molecular flexibility index (Phi) is 8.15. The minimum atomic E-state index is 0.246. The average Bonchev–Trinajstić information content (AvgIpc) is 3.50. The van der Waals surface area contributed by atoms with E-state index < -0.39 is 0 Å². The number of hydrogen-bond acceptors (Lipinski definition) is 6. The summed E-state index contributed by atoms with van der Waals surface area (Å²) in [5.74, 6) is 2.46. The van der Waals surface area contributed by atoms with Crippen LogP contribution >= 0.6 is 11.6 Å². The van der Waals surface area contributed by atoms with E-state index in [1.165, 1.54) is 19.3 Å². The number of carbonyl (C=O) groups is 1. The number of piperazine rings is 1. The molecule has 2 atom stereocenters. The number of halogens is 1. The van der Waals surface area contributed by atoms with Crippen LogP contribution in [0.3, 0.4) is 0 Å². The first-order valence-electron chi connectivity index (χ1n) is 13.4. The molecule has 192 valence electrons. The van der Waals surface area contributed by atoms with Crippen molar-refractivity contribution in [3.63, 3.8) is 0 Å². The number of carbonyl (C=O) groups excluding carboxylic acids is 1. The predicted molar refractivity (Wildman–Crippen MR) is 139 cm³/mol. The van der Waals surface area contributed by atoms with Gasteiger partial charge in [-0.1, -0.05) is 16.8 Å². The van der Waals surface area contributed by atoms with Crippen molar-refractivity contribution in [2.45, 2.75) is 69.9 Å². The minimum Gasteiger partial charge on any atom is -0.381 e. The van der Waals surface area contributed by atoms with Crippen molar-refractivity contribution in [3.8, 4) is 0 Å². The van der Waals surface area contributed by atoms with E-state index in [0.29, 0.717) is 29.5 Å². The van der Waals surface area contributed by atoms with E-state index in [0.717, 1.165) is 87.5 Å². The van der Waals surface area contributed by atoms with E-state index in [-0.39, 0.29) is 5.91 Å². The number of rotatable bonds is 8. The molecule has 0 radical (unpaired) electrons. The molecule has 1 N–H and O–H groups in total. The molecule has 2 heterocycles. The molecule has 1 aromatic heterocycles. The van der Waals surface area contributed by atoms with Crippen LogP contribution in [0.15, 0.2) is 22.7 Å². The zero-order valence-electron chi connectivity index (χ0n) is 20.9. The highest BCUT2D eigenvalue weighted by Gasteiger charge is 2.28. The van der Waals surface area contributed by atoms with Crippen molar-refractivity contribution in [1.29, 1.82) is 0 Å². The lowest BCUT2D eigenvalue weighted by Gasteiger charge is -2.36. The Labute approximate surface area is 213 Å². The number of ether oxygens (including phenoxy) is 1. The number of aromatic nitrogens is 1. The van der Waals surface area contributed by atoms with Crippen LogP contribution in [0.25, 0.3) is 11.0 Å². The second kappa shape index (κ2) is 11.5. The molecule has 2 aromatic rings. The van der Waals surface area contributed by atoms with Gasteiger partial charge in [-0.15, -0.1) is 0 Å². The predicted octanol–water partition coefficient (Wildman–Crippen LogP) is 4.87. The van der Waals surface area contributed by atoms with Gasteiger partial charge in [0.1, 0.15) is 0 Å². The van der Waals surface area contributed by atoms with Crippen molar-refractivity contribution in [2.75, 3.05) is 44.7 Å². The first-order valence-corrected chi connectivity index (χ1v) is 13.8. The number of nitrogens with one attached hydrogen (secondary N) is 1. The second-order valence-corrected chi connectivity index (χ2v) is 11.2. The molecule has 3 fully saturated rings. The van der Waals surface area contributed by atoms with Gasteiger partial charge in [0.15, 0.2) is 11.4 Å². The third-order valence-corrected chi connectivity index (χ3v) is 8.69. The van der Waals surface area contributed by atoms with Gasteiger partial charge in [0, 0.05) is 56.8 Å². The number of anilines is 1. The summed E-state index contributed by atoms with van der Waals surface area (Å²) >= 11 is 6.07. The van der Waals surface area contributed by atoms with Crippen LogP contribution in [-0.2, 0) is 9.53 Å². The van der Waals surface area contributed by atoms with Gasteiger partial charge in [-0.2, -0.15) is 0 Å². The number of benzene rings is 1. The molecule has 0 unspecified atom stereocenters. The maximum absolute atomic E-state index is 12.5. The normalized spacial score (nSPS) is 28.0. The van der Waals surface area contributed by atoms with Gasteiger partial charge in [0.2, 0.25) is 5.91 Å². The molecule has 1 amide bonds. The third kappa shape index (κ3) is 6.30. The lowest BCUT2D eigenvalue weighted by atomic mass is 9.84. The first kappa shape index (κ1) is 24.8. The van der Waals surface area contributed by atoms with E-state index in [9.17, 15) is 4.79 Å². The summed E-state index contributed by atoms with van der Waals surface area (Å²) in [5.41, 5.74) is 0.750. The van der Waals surface area contributed by atoms with Crippen LogP contribution in [0.1, 0.15) is 57.8 Å². The summed E-state index contributed by atoms with van der Waals surface area (Å²) in [5, 5.41) is 9.34. The Bertz CT molecular complexity index is 982. The Balaban J connectivity index is 0.984. The van der Waals surface area contributed by atoms with Crippen molar-refractivity contribution < 1.29 is 14.1 Å². The highest BCUT2D eigenvalue weighted by molar-refractivity contribution is 6.31. The van der Waals surface area contributed by atoms with E-state index in [2.05, 4.69) is 20.3 Å². The monoisotopic (exact) mass is 502 g/mol. The van der Waals surface area contributed by atoms with Crippen molar-refractivity contribution in [2.24, 2.45) is 11.8 Å². The number of fused-ring (bicyclic) bond motifs is 1. The number of amides is 1. The minimum absolute atomic E-state index is 0.246. The van der Waals surface area contributed by atoms with Crippen LogP contribution in [0, 0.1) is 11.8 Å². The Hall–Kier alpha value is -1.83. The summed E-state index contributed by atoms with van der Waals surface area (Å²) in [6.07, 6.45) is 10.2. The maximum Gasteiger partial charge on any atom is 0.220 e. The molecule has 35 heavy (non-hydrogen) atoms. The van der Waals surface area contributed by atoms with Crippen LogP contribution < -0.4 is 10.2 Å². The van der Waals surface area contributed by atoms with Crippen LogP contribution in [-0.4, -0.2) is 67.9 Å². The zero-order valence-corrected chi connectivity index (χ0v) is 21.6. The molecule has 0 bridgehead atoms. The smallest absolute Gasteiger partial charge is 0.220 e. The van der Waals surface area contributed by atoms with E-state index in [1.807, 2.05) is 18.2 Å². The highest BCUT2D eigenvalue weighted by Crippen LogP contribution is 2.32. The van der Waals surface area contributed by atoms with E-state index >= 15 is 0 Å². The molecule has 2 saturated carbocycles. The molecule has 1 aliphatic heterocycles. The number of methoxy groups -OCH3 is 1. The van der Waals surface area contributed by atoms with Crippen LogP contribution in [0.5, 0.6) is 0 Å². The van der Waals surface area contributed by atoms with E-state index in [1.54, 1.807) is 7.11 Å². The van der Waals surface area contributed by atoms with Crippen LogP contribution in [0.2, 0.25) is 5.02 Å². The number of hydrogen-bond donors (Lipinski definition) is 1. The summed E-state index contributed by atoms with van der Waals surface area (Å²) in [6.45, 7) is 5.20. The van der Waals surface area contributed by atoms with Gasteiger partial charge < -0.3 is 19.5 Å². The molecule has 2 aliphatic carbocycles. The molecule has 3 aliphatic rings. The first-order chi connectivity index (χ1) is 17.1. The Morgan fingerprint density at radius 1 is 1.11 bits per heavy atom. The van der Waals surface area contributed by atoms with Gasteiger partial charge >= 0.3 is 0 Å². The van der Waals surface area contributed by atoms with Gasteiger partial charge in [0.25, 0.3) is 0 Å². The maximum atomic E-state index is 12.5. The average molecular weight is 503 g/mol. The topological polar surface area (TPSA) is 70.8 Å². The lowest BCUT2D eigenvalue weighted by Crippen LogP contribution is -2.47. The molecular formula is C27H39ClN4O3. The molecule has 1 aromatic carbocycles. The standard InChI is InChI=1S/C27H39ClN4O3/c1-34-23-8-4-20(16-23)17-26(33)29-22-6-2-19(3-7-22)10-11-31-12-14-32(15-13-31)27-24-9-5-21(28)18-25(24)35-30-27/h5,9,18-20,22-23H,2-4,6-8,10-17H2,1H3,(H,29,33)/t19?,20-,22?,23-/m1/s1. The van der Waals surface area contributed by atoms with Gasteiger partial charge in [-0.3, -0.25) is 9.69 Å². The fraction of sp³-hybridized carbons (Fsp3) is 0.704. The SMILES string of the molecule is CO[C@@H]1CC[C@@H](CC(=O)NC2CCC(CCN3CCN(c4noc5cc(Cl)ccc45)CC3)CC2)C1. The van der Waals surface area contributed by atoms with E-state index in [4.69, 9.17) is 20.9 Å². The summed E-state index contributed by atoms with van der Waals surface area (Å²) in [6, 6.07) is 6.10. The summed E-state index contributed by atoms with van der Waals surface area (Å²) in [4.78, 5) is 17.4. The Morgan fingerprint density at radius 2 is 1.89 bits per heavy atom. The van der Waals surface area contributed by atoms with Crippen molar-refractivity contribution >= 4 is 34.3 Å². The Morgan fingerprint density at radius 3 is 2.63 bits per heavy atom. The molecule has 1 saturated heterocycles. The molecule has 8 heteroatoms. The van der Waals surface area contributed by atoms with Crippen molar-refractivity contribution in [3.05, 3.63) is 23.2 Å². The molecule has 7 nitrogen and oxygen atoms in total. The van der Waals surface area contributed by atoms with Gasteiger partial charge in [0.05, 0.1) is 11.5 Å². The number of nitrogens with zero attached hydrogens (tertiary/aromatic N) is 3. The fourth-order valence-corrected chi connectivity index (χ4v) is 6.41. The zero-order chi connectivity index (χ0) is 24.2. The highest BCUT2D eigenvalue weighted by atomic mass is 35.5. The van der Waals surface area contributed by atoms with Gasteiger partial charge in [-0.05, 0) is 81.9 Å². The van der Waals surface area contributed by atoms with Crippen molar-refractivity contribution in [1.82, 2.24) is 15.4 Å². The lowest BCUT2D eigenvalue weighted by molar-refractivity contribution is -0.123. The largest absolute Gasteiger partial charge is 0.381 e. The van der Waals surface area contributed by atoms with Gasteiger partial charge in [-0.25, -0.2) is 0 Å². The molecular weight excluding hydrogens is 464 g/mol.